The molecule has 0 aliphatic carbocycles. The molecule has 0 radical (unpaired) electrons. The standard InChI is InChI=1S/C18H18BrNO2/c19-10-13-22-18-8-4-16(5-9-18)14-15-2-6-17(7-3-15)21-12-1-11-20/h2-9H,1,10,12-14H2. The van der Waals surface area contributed by atoms with E-state index < -0.39 is 0 Å². The number of nitriles is 1. The lowest BCUT2D eigenvalue weighted by Crippen LogP contribution is -1.98. The quantitative estimate of drug-likeness (QED) is 0.519. The van der Waals surface area contributed by atoms with Gasteiger partial charge in [-0.2, -0.15) is 5.26 Å². The minimum Gasteiger partial charge on any atom is -0.493 e. The normalized spacial score (nSPS) is 10.0. The van der Waals surface area contributed by atoms with Gasteiger partial charge in [0.15, 0.2) is 0 Å². The topological polar surface area (TPSA) is 42.2 Å². The van der Waals surface area contributed by atoms with Gasteiger partial charge < -0.3 is 9.47 Å². The zero-order chi connectivity index (χ0) is 15.6. The van der Waals surface area contributed by atoms with E-state index in [4.69, 9.17) is 14.7 Å². The Balaban J connectivity index is 1.89. The highest BCUT2D eigenvalue weighted by atomic mass is 79.9. The van der Waals surface area contributed by atoms with Crippen molar-refractivity contribution in [2.45, 2.75) is 12.8 Å². The molecule has 2 rings (SSSR count). The summed E-state index contributed by atoms with van der Waals surface area (Å²) in [5, 5.41) is 9.31. The minimum absolute atomic E-state index is 0.408. The molecule has 0 aromatic heterocycles. The third-order valence-corrected chi connectivity index (χ3v) is 3.41. The number of benzene rings is 2. The van der Waals surface area contributed by atoms with Gasteiger partial charge in [0.25, 0.3) is 0 Å². The van der Waals surface area contributed by atoms with Gasteiger partial charge in [-0.25, -0.2) is 0 Å². The van der Waals surface area contributed by atoms with E-state index in [0.29, 0.717) is 19.6 Å². The first kappa shape index (κ1) is 16.4. The second kappa shape index (κ2) is 9.11. The summed E-state index contributed by atoms with van der Waals surface area (Å²) in [7, 11) is 0. The summed E-state index contributed by atoms with van der Waals surface area (Å²) in [6, 6.07) is 18.2. The van der Waals surface area contributed by atoms with E-state index in [0.717, 1.165) is 23.2 Å². The number of rotatable bonds is 8. The van der Waals surface area contributed by atoms with Crippen LogP contribution in [0, 0.1) is 11.3 Å². The summed E-state index contributed by atoms with van der Waals surface area (Å²) in [5.74, 6) is 1.70. The molecule has 0 saturated heterocycles. The van der Waals surface area contributed by atoms with Gasteiger partial charge in [0, 0.05) is 5.33 Å². The van der Waals surface area contributed by atoms with E-state index in [1.165, 1.54) is 11.1 Å². The monoisotopic (exact) mass is 359 g/mol. The molecular weight excluding hydrogens is 342 g/mol. The molecule has 0 N–H and O–H groups in total. The van der Waals surface area contributed by atoms with Crippen molar-refractivity contribution in [2.75, 3.05) is 18.5 Å². The van der Waals surface area contributed by atoms with E-state index in [9.17, 15) is 0 Å². The van der Waals surface area contributed by atoms with Gasteiger partial charge in [0.05, 0.1) is 19.1 Å². The van der Waals surface area contributed by atoms with Crippen LogP contribution in [0.25, 0.3) is 0 Å². The minimum atomic E-state index is 0.408. The van der Waals surface area contributed by atoms with Crippen molar-refractivity contribution in [2.24, 2.45) is 0 Å². The van der Waals surface area contributed by atoms with Gasteiger partial charge in [0.1, 0.15) is 18.1 Å². The van der Waals surface area contributed by atoms with Crippen LogP contribution in [0.1, 0.15) is 17.5 Å². The summed E-state index contributed by atoms with van der Waals surface area (Å²) < 4.78 is 11.0. The summed E-state index contributed by atoms with van der Waals surface area (Å²) in [6.07, 6.45) is 1.28. The molecule has 2 aromatic carbocycles. The van der Waals surface area contributed by atoms with Crippen molar-refractivity contribution in [1.29, 1.82) is 5.26 Å². The second-order valence-corrected chi connectivity index (χ2v) is 5.55. The second-order valence-electron chi connectivity index (χ2n) is 4.76. The van der Waals surface area contributed by atoms with Crippen molar-refractivity contribution in [3.8, 4) is 17.6 Å². The molecule has 0 bridgehead atoms. The number of alkyl halides is 1. The highest BCUT2D eigenvalue weighted by molar-refractivity contribution is 9.09. The Morgan fingerprint density at radius 3 is 1.77 bits per heavy atom. The van der Waals surface area contributed by atoms with Crippen LogP contribution in [0.15, 0.2) is 48.5 Å². The number of halogens is 1. The largest absolute Gasteiger partial charge is 0.493 e. The Labute approximate surface area is 139 Å². The zero-order valence-electron chi connectivity index (χ0n) is 12.3. The predicted octanol–water partition coefficient (Wildman–Crippen LogP) is 4.34. The molecule has 0 spiro atoms. The molecule has 0 aliphatic heterocycles. The van der Waals surface area contributed by atoms with E-state index in [1.807, 2.05) is 24.3 Å². The predicted molar refractivity (Wildman–Crippen MR) is 90.7 cm³/mol. The SMILES string of the molecule is N#CCCOc1ccc(Cc2ccc(OCCBr)cc2)cc1. The fourth-order valence-corrected chi connectivity index (χ4v) is 2.18. The van der Waals surface area contributed by atoms with Crippen molar-refractivity contribution in [3.63, 3.8) is 0 Å². The van der Waals surface area contributed by atoms with E-state index >= 15 is 0 Å². The smallest absolute Gasteiger partial charge is 0.119 e. The molecule has 3 nitrogen and oxygen atoms in total. The van der Waals surface area contributed by atoms with E-state index in [-0.39, 0.29) is 0 Å². The number of ether oxygens (including phenoxy) is 2. The lowest BCUT2D eigenvalue weighted by atomic mass is 10.0. The van der Waals surface area contributed by atoms with Crippen LogP contribution in [0.4, 0.5) is 0 Å². The maximum absolute atomic E-state index is 8.48. The lowest BCUT2D eigenvalue weighted by Gasteiger charge is -2.07. The van der Waals surface area contributed by atoms with Crippen LogP contribution in [0.5, 0.6) is 11.5 Å². The summed E-state index contributed by atoms with van der Waals surface area (Å²) >= 11 is 3.34. The zero-order valence-corrected chi connectivity index (χ0v) is 13.9. The van der Waals surface area contributed by atoms with Crippen molar-refractivity contribution < 1.29 is 9.47 Å². The summed E-state index contributed by atoms with van der Waals surface area (Å²) in [4.78, 5) is 0. The molecule has 0 saturated carbocycles. The molecule has 0 unspecified atom stereocenters. The molecule has 0 aliphatic rings. The van der Waals surface area contributed by atoms with Gasteiger partial charge in [-0.05, 0) is 41.8 Å². The fourth-order valence-electron chi connectivity index (χ4n) is 2.01. The van der Waals surface area contributed by atoms with Gasteiger partial charge in [-0.3, -0.25) is 0 Å². The Kier molecular flexibility index (Phi) is 6.79. The van der Waals surface area contributed by atoms with Crippen molar-refractivity contribution in [1.82, 2.24) is 0 Å². The fraction of sp³-hybridized carbons (Fsp3) is 0.278. The lowest BCUT2D eigenvalue weighted by molar-refractivity contribution is 0.326. The number of hydrogen-bond acceptors (Lipinski definition) is 3. The Bertz CT molecular complexity index is 602. The highest BCUT2D eigenvalue weighted by Gasteiger charge is 1.99. The van der Waals surface area contributed by atoms with Crippen LogP contribution in [0.3, 0.4) is 0 Å². The van der Waals surface area contributed by atoms with Crippen molar-refractivity contribution >= 4 is 15.9 Å². The number of hydrogen-bond donors (Lipinski definition) is 0. The van der Waals surface area contributed by atoms with Gasteiger partial charge in [0.2, 0.25) is 0 Å². The first-order valence-corrected chi connectivity index (χ1v) is 8.30. The van der Waals surface area contributed by atoms with Crippen LogP contribution < -0.4 is 9.47 Å². The molecule has 2 aromatic rings. The molecule has 22 heavy (non-hydrogen) atoms. The molecular formula is C18H18BrNO2. The number of nitrogens with zero attached hydrogens (tertiary/aromatic N) is 1. The maximum Gasteiger partial charge on any atom is 0.119 e. The Hall–Kier alpha value is -1.99. The molecule has 0 fully saturated rings. The molecule has 0 atom stereocenters. The van der Waals surface area contributed by atoms with Gasteiger partial charge in [-0.15, -0.1) is 0 Å². The maximum atomic E-state index is 8.48. The Morgan fingerprint density at radius 1 is 0.818 bits per heavy atom. The van der Waals surface area contributed by atoms with Crippen LogP contribution in [-0.2, 0) is 6.42 Å². The molecule has 114 valence electrons. The van der Waals surface area contributed by atoms with Gasteiger partial charge in [-0.1, -0.05) is 40.2 Å². The van der Waals surface area contributed by atoms with Crippen LogP contribution in [-0.4, -0.2) is 18.5 Å². The average Bonchev–Trinajstić information content (AvgIpc) is 2.56. The van der Waals surface area contributed by atoms with Crippen LogP contribution in [0.2, 0.25) is 0 Å². The summed E-state index contributed by atoms with van der Waals surface area (Å²) in [6.45, 7) is 1.11. The highest BCUT2D eigenvalue weighted by Crippen LogP contribution is 2.18. The van der Waals surface area contributed by atoms with Crippen LogP contribution >= 0.6 is 15.9 Å². The third-order valence-electron chi connectivity index (χ3n) is 3.08. The molecule has 0 heterocycles. The third kappa shape index (κ3) is 5.42. The van der Waals surface area contributed by atoms with E-state index in [2.05, 4.69) is 46.3 Å². The van der Waals surface area contributed by atoms with Crippen molar-refractivity contribution in [3.05, 3.63) is 59.7 Å². The average molecular weight is 360 g/mol. The Morgan fingerprint density at radius 2 is 1.32 bits per heavy atom. The van der Waals surface area contributed by atoms with Gasteiger partial charge >= 0.3 is 0 Å². The molecule has 4 heteroatoms. The molecule has 0 amide bonds. The first-order valence-electron chi connectivity index (χ1n) is 7.18. The van der Waals surface area contributed by atoms with E-state index in [1.54, 1.807) is 0 Å². The summed E-state index contributed by atoms with van der Waals surface area (Å²) in [5.41, 5.74) is 2.46. The first-order chi connectivity index (χ1) is 10.8.